The first-order valence-corrected chi connectivity index (χ1v) is 6.65. The third-order valence-electron chi connectivity index (χ3n) is 3.17. The van der Waals surface area contributed by atoms with Crippen LogP contribution in [0.25, 0.3) is 0 Å². The Bertz CT molecular complexity index is 561. The van der Waals surface area contributed by atoms with Gasteiger partial charge in [-0.15, -0.1) is 0 Å². The van der Waals surface area contributed by atoms with Gasteiger partial charge in [-0.3, -0.25) is 4.68 Å². The quantitative estimate of drug-likeness (QED) is 0.810. The van der Waals surface area contributed by atoms with Crippen molar-refractivity contribution >= 4 is 5.69 Å². The molecule has 1 aromatic carbocycles. The van der Waals surface area contributed by atoms with E-state index in [1.807, 2.05) is 30.8 Å². The van der Waals surface area contributed by atoms with Crippen molar-refractivity contribution in [3.8, 4) is 5.75 Å². The summed E-state index contributed by atoms with van der Waals surface area (Å²) in [5, 5.41) is 17.3. The van der Waals surface area contributed by atoms with Crippen molar-refractivity contribution < 1.29 is 5.11 Å². The first-order valence-electron chi connectivity index (χ1n) is 6.65. The number of aryl methyl sites for hydroxylation is 3. The van der Waals surface area contributed by atoms with Gasteiger partial charge >= 0.3 is 0 Å². The fourth-order valence-electron chi connectivity index (χ4n) is 2.04. The second kappa shape index (κ2) is 5.78. The molecule has 0 saturated heterocycles. The molecule has 2 rings (SSSR count). The maximum Gasteiger partial charge on any atom is 0.118 e. The molecule has 0 aliphatic heterocycles. The van der Waals surface area contributed by atoms with Crippen LogP contribution in [0.4, 0.5) is 5.69 Å². The Morgan fingerprint density at radius 2 is 2.05 bits per heavy atom. The molecule has 0 bridgehead atoms. The van der Waals surface area contributed by atoms with E-state index in [1.165, 1.54) is 5.56 Å². The molecule has 0 amide bonds. The minimum Gasteiger partial charge on any atom is -0.508 e. The van der Waals surface area contributed by atoms with Crippen LogP contribution < -0.4 is 5.32 Å². The summed E-state index contributed by atoms with van der Waals surface area (Å²) in [6.45, 7) is 7.73. The van der Waals surface area contributed by atoms with Gasteiger partial charge in [0.05, 0.1) is 6.20 Å². The molecule has 0 fully saturated rings. The summed E-state index contributed by atoms with van der Waals surface area (Å²) < 4.78 is 1.96. The lowest BCUT2D eigenvalue weighted by Gasteiger charge is -2.10. The van der Waals surface area contributed by atoms with Crippen LogP contribution in [0, 0.1) is 13.8 Å². The average Bonchev–Trinajstić information content (AvgIpc) is 2.80. The molecular weight excluding hydrogens is 238 g/mol. The lowest BCUT2D eigenvalue weighted by molar-refractivity contribution is 0.471. The molecule has 0 saturated carbocycles. The molecule has 2 N–H and O–H groups in total. The standard InChI is InChI=1S/C15H21N3O/c1-4-5-18-10-13(9-17-18)8-16-14-6-12(3)15(19)7-11(14)2/h6-7,9-10,16,19H,4-5,8H2,1-3H3. The Balaban J connectivity index is 2.03. The first kappa shape index (κ1) is 13.5. The zero-order valence-electron chi connectivity index (χ0n) is 11.8. The number of phenolic OH excluding ortho intramolecular Hbond substituents is 1. The van der Waals surface area contributed by atoms with Crippen molar-refractivity contribution in [2.24, 2.45) is 0 Å². The fourth-order valence-corrected chi connectivity index (χ4v) is 2.04. The van der Waals surface area contributed by atoms with Gasteiger partial charge in [0.2, 0.25) is 0 Å². The van der Waals surface area contributed by atoms with Crippen LogP contribution >= 0.6 is 0 Å². The predicted molar refractivity (Wildman–Crippen MR) is 77.4 cm³/mol. The van der Waals surface area contributed by atoms with Crippen molar-refractivity contribution in [2.45, 2.75) is 40.3 Å². The molecule has 0 unspecified atom stereocenters. The van der Waals surface area contributed by atoms with Crippen molar-refractivity contribution in [1.82, 2.24) is 9.78 Å². The molecule has 0 radical (unpaired) electrons. The van der Waals surface area contributed by atoms with E-state index >= 15 is 0 Å². The predicted octanol–water partition coefficient (Wildman–Crippen LogP) is 3.23. The highest BCUT2D eigenvalue weighted by molar-refractivity contribution is 5.56. The van der Waals surface area contributed by atoms with Gasteiger partial charge in [-0.2, -0.15) is 5.10 Å². The molecule has 1 aromatic heterocycles. The molecule has 19 heavy (non-hydrogen) atoms. The maximum absolute atomic E-state index is 9.63. The fraction of sp³-hybridized carbons (Fsp3) is 0.400. The van der Waals surface area contributed by atoms with Crippen LogP contribution in [0.1, 0.15) is 30.0 Å². The summed E-state index contributed by atoms with van der Waals surface area (Å²) in [5.41, 5.74) is 4.15. The Morgan fingerprint density at radius 1 is 1.26 bits per heavy atom. The second-order valence-electron chi connectivity index (χ2n) is 4.92. The van der Waals surface area contributed by atoms with Crippen LogP contribution in [0.2, 0.25) is 0 Å². The van der Waals surface area contributed by atoms with Crippen molar-refractivity contribution in [1.29, 1.82) is 0 Å². The van der Waals surface area contributed by atoms with Crippen LogP contribution in [-0.2, 0) is 13.1 Å². The second-order valence-corrected chi connectivity index (χ2v) is 4.92. The molecule has 102 valence electrons. The first-order chi connectivity index (χ1) is 9.10. The van der Waals surface area contributed by atoms with E-state index in [-0.39, 0.29) is 0 Å². The zero-order valence-corrected chi connectivity index (χ0v) is 11.8. The van der Waals surface area contributed by atoms with E-state index in [9.17, 15) is 5.11 Å². The summed E-state index contributed by atoms with van der Waals surface area (Å²) in [6.07, 6.45) is 5.05. The van der Waals surface area contributed by atoms with Gasteiger partial charge in [0.15, 0.2) is 0 Å². The van der Waals surface area contributed by atoms with Crippen LogP contribution in [0.15, 0.2) is 24.5 Å². The summed E-state index contributed by atoms with van der Waals surface area (Å²) >= 11 is 0. The largest absolute Gasteiger partial charge is 0.508 e. The minimum atomic E-state index is 0.346. The maximum atomic E-state index is 9.63. The van der Waals surface area contributed by atoms with E-state index in [1.54, 1.807) is 6.07 Å². The van der Waals surface area contributed by atoms with E-state index in [0.717, 1.165) is 36.3 Å². The number of nitrogens with one attached hydrogen (secondary N) is 1. The molecular formula is C15H21N3O. The zero-order chi connectivity index (χ0) is 13.8. The number of aromatic hydroxyl groups is 1. The summed E-state index contributed by atoms with van der Waals surface area (Å²) in [4.78, 5) is 0. The molecule has 0 atom stereocenters. The van der Waals surface area contributed by atoms with Crippen LogP contribution in [0.3, 0.4) is 0 Å². The number of aromatic nitrogens is 2. The van der Waals surface area contributed by atoms with Crippen molar-refractivity contribution in [3.63, 3.8) is 0 Å². The van der Waals surface area contributed by atoms with Crippen molar-refractivity contribution in [3.05, 3.63) is 41.2 Å². The molecule has 4 nitrogen and oxygen atoms in total. The van der Waals surface area contributed by atoms with Gasteiger partial charge in [0.25, 0.3) is 0 Å². The highest BCUT2D eigenvalue weighted by Gasteiger charge is 2.04. The number of anilines is 1. The Kier molecular flexibility index (Phi) is 4.10. The summed E-state index contributed by atoms with van der Waals surface area (Å²) in [5.74, 6) is 0.346. The van der Waals surface area contributed by atoms with Gasteiger partial charge in [-0.25, -0.2) is 0 Å². The smallest absolute Gasteiger partial charge is 0.118 e. The van der Waals surface area contributed by atoms with Gasteiger partial charge in [0, 0.05) is 30.5 Å². The van der Waals surface area contributed by atoms with Gasteiger partial charge < -0.3 is 10.4 Å². The lowest BCUT2D eigenvalue weighted by atomic mass is 10.1. The number of rotatable bonds is 5. The summed E-state index contributed by atoms with van der Waals surface area (Å²) in [7, 11) is 0. The van der Waals surface area contributed by atoms with E-state index < -0.39 is 0 Å². The van der Waals surface area contributed by atoms with E-state index in [2.05, 4.69) is 23.5 Å². The molecule has 1 heterocycles. The molecule has 0 aliphatic carbocycles. The Labute approximate surface area is 114 Å². The number of phenols is 1. The molecule has 4 heteroatoms. The number of benzene rings is 1. The molecule has 0 aliphatic rings. The Morgan fingerprint density at radius 3 is 2.79 bits per heavy atom. The van der Waals surface area contributed by atoms with Crippen LogP contribution in [0.5, 0.6) is 5.75 Å². The van der Waals surface area contributed by atoms with E-state index in [4.69, 9.17) is 0 Å². The van der Waals surface area contributed by atoms with E-state index in [0.29, 0.717) is 5.75 Å². The van der Waals surface area contributed by atoms with Gasteiger partial charge in [-0.1, -0.05) is 6.92 Å². The number of hydrogen-bond acceptors (Lipinski definition) is 3. The number of nitrogens with zero attached hydrogens (tertiary/aromatic N) is 2. The third-order valence-corrected chi connectivity index (χ3v) is 3.17. The van der Waals surface area contributed by atoms with Gasteiger partial charge in [-0.05, 0) is 43.5 Å². The number of hydrogen-bond donors (Lipinski definition) is 2. The molecule has 0 spiro atoms. The third kappa shape index (κ3) is 3.28. The monoisotopic (exact) mass is 259 g/mol. The lowest BCUT2D eigenvalue weighted by Crippen LogP contribution is -2.01. The van der Waals surface area contributed by atoms with Gasteiger partial charge in [0.1, 0.15) is 5.75 Å². The Hall–Kier alpha value is -1.97. The highest BCUT2D eigenvalue weighted by atomic mass is 16.3. The topological polar surface area (TPSA) is 50.1 Å². The average molecular weight is 259 g/mol. The molecule has 2 aromatic rings. The highest BCUT2D eigenvalue weighted by Crippen LogP contribution is 2.25. The normalized spacial score (nSPS) is 10.7. The minimum absolute atomic E-state index is 0.346. The van der Waals surface area contributed by atoms with Crippen molar-refractivity contribution in [2.75, 3.05) is 5.32 Å². The van der Waals surface area contributed by atoms with Crippen LogP contribution in [-0.4, -0.2) is 14.9 Å². The SMILES string of the molecule is CCCn1cc(CNc2cc(C)c(O)cc2C)cn1. The summed E-state index contributed by atoms with van der Waals surface area (Å²) in [6, 6.07) is 3.76.